The molecular weight excluding hydrogens is 364 g/mol. The van der Waals surface area contributed by atoms with Crippen LogP contribution in [-0.2, 0) is 5.41 Å². The van der Waals surface area contributed by atoms with Gasteiger partial charge in [-0.25, -0.2) is 0 Å². The molecule has 0 saturated carbocycles. The Morgan fingerprint density at radius 3 is 2.10 bits per heavy atom. The maximum Gasteiger partial charge on any atom is 0.269 e. The lowest BCUT2D eigenvalue weighted by Gasteiger charge is -2.34. The normalized spacial score (nSPS) is 14.5. The molecule has 0 atom stereocenters. The summed E-state index contributed by atoms with van der Waals surface area (Å²) in [5, 5.41) is 0. The third kappa shape index (κ3) is 2.66. The van der Waals surface area contributed by atoms with E-state index in [0.717, 1.165) is 0 Å². The topological polar surface area (TPSA) is 8.81 Å². The number of hydrogen-bond acceptors (Lipinski definition) is 0. The molecule has 3 aromatic carbocycles. The van der Waals surface area contributed by atoms with Gasteiger partial charge >= 0.3 is 0 Å². The fourth-order valence-electron chi connectivity index (χ4n) is 4.82. The molecule has 0 aliphatic carbocycles. The van der Waals surface area contributed by atoms with Crippen LogP contribution in [0.5, 0.6) is 0 Å². The Morgan fingerprint density at radius 2 is 1.43 bits per heavy atom. The van der Waals surface area contributed by atoms with Crippen molar-refractivity contribution < 1.29 is 4.57 Å². The van der Waals surface area contributed by atoms with E-state index in [4.69, 9.17) is 0 Å². The van der Waals surface area contributed by atoms with Crippen molar-refractivity contribution >= 4 is 11.0 Å². The Kier molecular flexibility index (Phi) is 4.18. The van der Waals surface area contributed by atoms with Crippen molar-refractivity contribution in [1.29, 1.82) is 0 Å². The van der Waals surface area contributed by atoms with E-state index in [1.54, 1.807) is 0 Å². The second kappa shape index (κ2) is 6.57. The molecule has 30 heavy (non-hydrogen) atoms. The number of fused-ring (bicyclic) bond motifs is 2. The Hall–Kier alpha value is -2.87. The van der Waals surface area contributed by atoms with E-state index in [-0.39, 0.29) is 5.41 Å². The van der Waals surface area contributed by atoms with Crippen LogP contribution in [0.25, 0.3) is 22.4 Å². The number of rotatable bonds is 3. The smallest absolute Gasteiger partial charge is 0.269 e. The molecular formula is C28H30N2. The lowest BCUT2D eigenvalue weighted by atomic mass is 9.75. The summed E-state index contributed by atoms with van der Waals surface area (Å²) in [5.74, 6) is 0.976. The molecule has 0 N–H and O–H groups in total. The van der Waals surface area contributed by atoms with Gasteiger partial charge in [0.25, 0.3) is 6.33 Å². The molecule has 1 aliphatic heterocycles. The molecule has 2 heteroatoms. The zero-order valence-electron chi connectivity index (χ0n) is 18.8. The SMILES string of the molecule is CC(C)c1cc(C(C)C)cc(-n2[c-][n+]3c4c(cccc42)C(C)(C)c2ccccc2-3)c1. The standard InChI is InChI=1S/C28H30N2/c1-18(2)20-14-21(19(3)4)16-22(15-20)29-17-30-25-12-8-7-10-23(25)28(5,6)24-11-9-13-26(29)27(24)30/h7-16,18-19H,1-6H3. The third-order valence-electron chi connectivity index (χ3n) is 6.72. The van der Waals surface area contributed by atoms with Crippen LogP contribution in [0.4, 0.5) is 0 Å². The quantitative estimate of drug-likeness (QED) is 0.274. The van der Waals surface area contributed by atoms with Gasteiger partial charge in [0.15, 0.2) is 0 Å². The van der Waals surface area contributed by atoms with Crippen LogP contribution >= 0.6 is 0 Å². The fourth-order valence-corrected chi connectivity index (χ4v) is 4.82. The van der Waals surface area contributed by atoms with Gasteiger partial charge in [0.2, 0.25) is 0 Å². The highest BCUT2D eigenvalue weighted by atomic mass is 15.1. The predicted octanol–water partition coefficient (Wildman–Crippen LogP) is 6.59. The number of hydrogen-bond donors (Lipinski definition) is 0. The summed E-state index contributed by atoms with van der Waals surface area (Å²) in [6, 6.07) is 22.5. The molecule has 2 heterocycles. The second-order valence-corrected chi connectivity index (χ2v) is 9.75. The van der Waals surface area contributed by atoms with Crippen LogP contribution in [0.1, 0.15) is 75.6 Å². The van der Waals surface area contributed by atoms with Gasteiger partial charge in [-0.3, -0.25) is 9.13 Å². The van der Waals surface area contributed by atoms with Crippen LogP contribution < -0.4 is 4.57 Å². The lowest BCUT2D eigenvalue weighted by molar-refractivity contribution is -0.575. The molecule has 0 unspecified atom stereocenters. The molecule has 0 amide bonds. The first-order chi connectivity index (χ1) is 14.3. The van der Waals surface area contributed by atoms with E-state index in [0.29, 0.717) is 11.8 Å². The second-order valence-electron chi connectivity index (χ2n) is 9.75. The zero-order valence-corrected chi connectivity index (χ0v) is 18.8. The molecule has 1 aromatic heterocycles. The first kappa shape index (κ1) is 19.1. The molecule has 0 bridgehead atoms. The minimum Gasteiger partial charge on any atom is -0.292 e. The van der Waals surface area contributed by atoms with Gasteiger partial charge in [-0.15, -0.1) is 0 Å². The van der Waals surface area contributed by atoms with Gasteiger partial charge in [-0.1, -0.05) is 84.0 Å². The molecule has 0 fully saturated rings. The molecule has 4 aromatic rings. The fraction of sp³-hybridized carbons (Fsp3) is 0.321. The average Bonchev–Trinajstić information content (AvgIpc) is 3.12. The molecule has 0 saturated heterocycles. The van der Waals surface area contributed by atoms with Gasteiger partial charge in [0.1, 0.15) is 0 Å². The number of aromatic nitrogens is 2. The van der Waals surface area contributed by atoms with Gasteiger partial charge in [-0.2, -0.15) is 0 Å². The van der Waals surface area contributed by atoms with Crippen molar-refractivity contribution in [1.82, 2.24) is 4.57 Å². The monoisotopic (exact) mass is 394 g/mol. The Balaban J connectivity index is 1.85. The van der Waals surface area contributed by atoms with Crippen molar-refractivity contribution in [3.63, 3.8) is 0 Å². The summed E-state index contributed by atoms with van der Waals surface area (Å²) in [5.41, 5.74) is 10.3. The Labute approximate surface area is 179 Å². The first-order valence-electron chi connectivity index (χ1n) is 11.0. The van der Waals surface area contributed by atoms with Crippen molar-refractivity contribution in [2.45, 2.75) is 58.8 Å². The van der Waals surface area contributed by atoms with Gasteiger partial charge < -0.3 is 0 Å². The van der Waals surface area contributed by atoms with Gasteiger partial charge in [-0.05, 0) is 52.3 Å². The van der Waals surface area contributed by atoms with E-state index < -0.39 is 0 Å². The summed E-state index contributed by atoms with van der Waals surface area (Å²) in [7, 11) is 0. The van der Waals surface area contributed by atoms with Gasteiger partial charge in [0.05, 0.1) is 22.4 Å². The third-order valence-corrected chi connectivity index (χ3v) is 6.72. The highest BCUT2D eigenvalue weighted by Crippen LogP contribution is 2.41. The van der Waals surface area contributed by atoms with Crippen LogP contribution in [0.15, 0.2) is 60.7 Å². The minimum absolute atomic E-state index is 0.0427. The highest BCUT2D eigenvalue weighted by molar-refractivity contribution is 5.81. The van der Waals surface area contributed by atoms with Crippen molar-refractivity contribution in [3.05, 3.63) is 89.2 Å². The van der Waals surface area contributed by atoms with Gasteiger partial charge in [0, 0.05) is 5.41 Å². The maximum absolute atomic E-state index is 3.71. The lowest BCUT2D eigenvalue weighted by Crippen LogP contribution is -2.40. The van der Waals surface area contributed by atoms with Crippen molar-refractivity contribution in [2.24, 2.45) is 0 Å². The summed E-state index contributed by atoms with van der Waals surface area (Å²) in [6.45, 7) is 13.7. The molecule has 0 radical (unpaired) electrons. The van der Waals surface area contributed by atoms with E-state index in [1.165, 1.54) is 44.7 Å². The summed E-state index contributed by atoms with van der Waals surface area (Å²) in [6.07, 6.45) is 3.71. The van der Waals surface area contributed by atoms with Crippen LogP contribution in [0.3, 0.4) is 0 Å². The molecule has 5 rings (SSSR count). The number of benzene rings is 3. The average molecular weight is 395 g/mol. The number of nitrogens with zero attached hydrogens (tertiary/aromatic N) is 2. The maximum atomic E-state index is 3.71. The molecule has 0 spiro atoms. The Morgan fingerprint density at radius 1 is 0.800 bits per heavy atom. The Bertz CT molecular complexity index is 1250. The molecule has 2 nitrogen and oxygen atoms in total. The number of imidazole rings is 1. The van der Waals surface area contributed by atoms with Crippen LogP contribution in [0.2, 0.25) is 0 Å². The van der Waals surface area contributed by atoms with E-state index in [9.17, 15) is 0 Å². The predicted molar refractivity (Wildman–Crippen MR) is 124 cm³/mol. The first-order valence-corrected chi connectivity index (χ1v) is 11.0. The largest absolute Gasteiger partial charge is 0.292 e. The van der Waals surface area contributed by atoms with Crippen molar-refractivity contribution in [3.8, 4) is 11.4 Å². The summed E-state index contributed by atoms with van der Waals surface area (Å²) < 4.78 is 4.52. The minimum atomic E-state index is -0.0427. The molecule has 152 valence electrons. The van der Waals surface area contributed by atoms with Crippen molar-refractivity contribution in [2.75, 3.05) is 0 Å². The summed E-state index contributed by atoms with van der Waals surface area (Å²) in [4.78, 5) is 0. The van der Waals surface area contributed by atoms with E-state index >= 15 is 0 Å². The highest BCUT2D eigenvalue weighted by Gasteiger charge is 2.34. The van der Waals surface area contributed by atoms with Crippen LogP contribution in [-0.4, -0.2) is 4.57 Å². The van der Waals surface area contributed by atoms with E-state index in [2.05, 4.69) is 118 Å². The molecule has 1 aliphatic rings. The van der Waals surface area contributed by atoms with Crippen LogP contribution in [0, 0.1) is 6.33 Å². The zero-order chi connectivity index (χ0) is 21.2. The summed E-state index contributed by atoms with van der Waals surface area (Å²) >= 11 is 0. The van der Waals surface area contributed by atoms with E-state index in [1.807, 2.05) is 0 Å². The number of para-hydroxylation sites is 2.